The molecule has 0 radical (unpaired) electrons. The lowest BCUT2D eigenvalue weighted by Crippen LogP contribution is -1.98. The summed E-state index contributed by atoms with van der Waals surface area (Å²) in [4.78, 5) is 27.4. The molecule has 0 unspecified atom stereocenters. The van der Waals surface area contributed by atoms with Crippen LogP contribution in [-0.4, -0.2) is 34.0 Å². The topological polar surface area (TPSA) is 105 Å². The third kappa shape index (κ3) is 1.87. The molecule has 10 heteroatoms. The van der Waals surface area contributed by atoms with Gasteiger partial charge in [0.15, 0.2) is 10.7 Å². The van der Waals surface area contributed by atoms with E-state index in [2.05, 4.69) is 24.5 Å². The highest BCUT2D eigenvalue weighted by atomic mass is 32.2. The lowest BCUT2D eigenvalue weighted by molar-refractivity contribution is -0.392. The Bertz CT molecular complexity index is 900. The maximum atomic E-state index is 11.1. The smallest absolute Gasteiger partial charge is 0.358 e. The average molecular weight is 317 g/mol. The van der Waals surface area contributed by atoms with E-state index in [-0.39, 0.29) is 5.82 Å². The van der Waals surface area contributed by atoms with Gasteiger partial charge in [-0.1, -0.05) is 0 Å². The van der Waals surface area contributed by atoms with Crippen LogP contribution in [-0.2, 0) is 20.0 Å². The summed E-state index contributed by atoms with van der Waals surface area (Å²) in [5.41, 5.74) is 1.48. The highest BCUT2D eigenvalue weighted by Gasteiger charge is 2.25. The van der Waals surface area contributed by atoms with Crippen LogP contribution in [0.5, 0.6) is 0 Å². The van der Waals surface area contributed by atoms with Crippen LogP contribution in [0.2, 0.25) is 0 Å². The fourth-order valence-corrected chi connectivity index (χ4v) is 3.62. The Hall–Kier alpha value is -2.49. The van der Waals surface area contributed by atoms with E-state index in [4.69, 9.17) is 0 Å². The SMILES string of the molecule is Cn1cnc([N+](=O)[O-])c1Sc1ncnc2nc3n(c12)CCC3. The number of nitrogens with zero attached hydrogens (tertiary/aromatic N) is 7. The van der Waals surface area contributed by atoms with Crippen molar-refractivity contribution in [1.82, 2.24) is 29.1 Å². The minimum atomic E-state index is -0.485. The molecule has 3 aromatic heterocycles. The molecular formula is C12H11N7O2S. The maximum absolute atomic E-state index is 11.1. The van der Waals surface area contributed by atoms with Gasteiger partial charge in [-0.3, -0.25) is 0 Å². The second-order valence-electron chi connectivity index (χ2n) is 4.98. The molecule has 3 aromatic rings. The Morgan fingerprint density at radius 1 is 1.36 bits per heavy atom. The molecule has 4 rings (SSSR count). The molecular weight excluding hydrogens is 306 g/mol. The largest absolute Gasteiger partial charge is 0.396 e. The number of rotatable bonds is 3. The van der Waals surface area contributed by atoms with Crippen LogP contribution in [0.1, 0.15) is 12.2 Å². The first-order chi connectivity index (χ1) is 10.6. The summed E-state index contributed by atoms with van der Waals surface area (Å²) in [6.45, 7) is 0.875. The maximum Gasteiger partial charge on any atom is 0.396 e. The van der Waals surface area contributed by atoms with E-state index in [9.17, 15) is 10.1 Å². The molecule has 0 spiro atoms. The van der Waals surface area contributed by atoms with Gasteiger partial charge >= 0.3 is 5.82 Å². The van der Waals surface area contributed by atoms with Crippen LogP contribution in [0.3, 0.4) is 0 Å². The van der Waals surface area contributed by atoms with Crippen molar-refractivity contribution in [1.29, 1.82) is 0 Å². The standard InChI is InChI=1S/C12H11N7O2S/c1-17-6-15-10(19(20)21)12(17)22-11-8-9(13-5-14-11)16-7-3-2-4-18(7)8/h5-6H,2-4H2,1H3. The van der Waals surface area contributed by atoms with Crippen LogP contribution >= 0.6 is 11.8 Å². The predicted molar refractivity (Wildman–Crippen MR) is 77.6 cm³/mol. The van der Waals surface area contributed by atoms with Gasteiger partial charge in [-0.25, -0.2) is 15.0 Å². The van der Waals surface area contributed by atoms with Crippen molar-refractivity contribution >= 4 is 28.7 Å². The highest BCUT2D eigenvalue weighted by Crippen LogP contribution is 2.36. The van der Waals surface area contributed by atoms with E-state index in [1.54, 1.807) is 11.6 Å². The Labute approximate surface area is 128 Å². The van der Waals surface area contributed by atoms with Crippen molar-refractivity contribution in [2.24, 2.45) is 7.05 Å². The Morgan fingerprint density at radius 3 is 3.05 bits per heavy atom. The Balaban J connectivity index is 1.86. The fraction of sp³-hybridized carbons (Fsp3) is 0.333. The summed E-state index contributed by atoms with van der Waals surface area (Å²) in [6, 6.07) is 0. The second kappa shape index (κ2) is 4.77. The number of fused-ring (bicyclic) bond motifs is 3. The Morgan fingerprint density at radius 2 is 2.23 bits per heavy atom. The molecule has 1 aliphatic rings. The molecule has 0 saturated carbocycles. The number of aromatic nitrogens is 6. The zero-order valence-electron chi connectivity index (χ0n) is 11.6. The number of aryl methyl sites for hydroxylation is 3. The molecule has 0 bridgehead atoms. The zero-order valence-corrected chi connectivity index (χ0v) is 12.4. The van der Waals surface area contributed by atoms with Gasteiger partial charge in [0.1, 0.15) is 22.7 Å². The second-order valence-corrected chi connectivity index (χ2v) is 5.96. The van der Waals surface area contributed by atoms with E-state index in [1.165, 1.54) is 24.4 Å². The number of hydrogen-bond acceptors (Lipinski definition) is 7. The first-order valence-corrected chi connectivity index (χ1v) is 7.50. The van der Waals surface area contributed by atoms with E-state index < -0.39 is 4.92 Å². The minimum absolute atomic E-state index is 0.166. The molecule has 0 aliphatic carbocycles. The van der Waals surface area contributed by atoms with Crippen molar-refractivity contribution in [2.75, 3.05) is 0 Å². The van der Waals surface area contributed by atoms with Gasteiger partial charge in [0.25, 0.3) is 0 Å². The summed E-state index contributed by atoms with van der Waals surface area (Å²) in [5, 5.41) is 12.2. The van der Waals surface area contributed by atoms with E-state index in [0.717, 1.165) is 30.7 Å². The molecule has 0 N–H and O–H groups in total. The molecule has 4 heterocycles. The molecule has 0 aromatic carbocycles. The third-order valence-corrected chi connectivity index (χ3v) is 4.76. The molecule has 112 valence electrons. The van der Waals surface area contributed by atoms with E-state index in [1.807, 2.05) is 0 Å². The van der Waals surface area contributed by atoms with Gasteiger partial charge in [0, 0.05) is 20.0 Å². The predicted octanol–water partition coefficient (Wildman–Crippen LogP) is 1.57. The van der Waals surface area contributed by atoms with Gasteiger partial charge in [-0.05, 0) is 28.1 Å². The van der Waals surface area contributed by atoms with Gasteiger partial charge < -0.3 is 19.2 Å². The summed E-state index contributed by atoms with van der Waals surface area (Å²) in [5.74, 6) is 0.831. The van der Waals surface area contributed by atoms with Gasteiger partial charge in [0.2, 0.25) is 6.33 Å². The minimum Gasteiger partial charge on any atom is -0.358 e. The van der Waals surface area contributed by atoms with Crippen molar-refractivity contribution in [3.8, 4) is 0 Å². The van der Waals surface area contributed by atoms with Crippen molar-refractivity contribution in [3.63, 3.8) is 0 Å². The summed E-state index contributed by atoms with van der Waals surface area (Å²) in [6.07, 6.45) is 4.84. The first-order valence-electron chi connectivity index (χ1n) is 6.69. The van der Waals surface area contributed by atoms with Gasteiger partial charge in [-0.2, -0.15) is 0 Å². The molecule has 1 aliphatic heterocycles. The monoisotopic (exact) mass is 317 g/mol. The lowest BCUT2D eigenvalue weighted by atomic mass is 10.4. The molecule has 9 nitrogen and oxygen atoms in total. The first kappa shape index (κ1) is 13.2. The highest BCUT2D eigenvalue weighted by molar-refractivity contribution is 7.99. The van der Waals surface area contributed by atoms with Gasteiger partial charge in [0.05, 0.1) is 0 Å². The van der Waals surface area contributed by atoms with Gasteiger partial charge in [-0.15, -0.1) is 0 Å². The normalized spacial score (nSPS) is 13.7. The van der Waals surface area contributed by atoms with Crippen LogP contribution in [0.25, 0.3) is 11.2 Å². The zero-order chi connectivity index (χ0) is 15.3. The number of imidazole rings is 2. The summed E-state index contributed by atoms with van der Waals surface area (Å²) in [7, 11) is 1.72. The number of hydrogen-bond donors (Lipinski definition) is 0. The summed E-state index contributed by atoms with van der Waals surface area (Å²) >= 11 is 1.22. The Kier molecular flexibility index (Phi) is 2.86. The van der Waals surface area contributed by atoms with E-state index >= 15 is 0 Å². The van der Waals surface area contributed by atoms with Crippen LogP contribution in [0.15, 0.2) is 22.7 Å². The molecule has 0 atom stereocenters. The van der Waals surface area contributed by atoms with Crippen LogP contribution < -0.4 is 0 Å². The van der Waals surface area contributed by atoms with Crippen molar-refractivity contribution in [2.45, 2.75) is 29.4 Å². The van der Waals surface area contributed by atoms with Crippen LogP contribution in [0.4, 0.5) is 5.82 Å². The van der Waals surface area contributed by atoms with E-state index in [0.29, 0.717) is 15.7 Å². The molecule has 22 heavy (non-hydrogen) atoms. The van der Waals surface area contributed by atoms with Crippen LogP contribution in [0, 0.1) is 10.1 Å². The summed E-state index contributed by atoms with van der Waals surface area (Å²) < 4.78 is 3.72. The third-order valence-electron chi connectivity index (χ3n) is 3.60. The molecule has 0 amide bonds. The number of nitro groups is 1. The van der Waals surface area contributed by atoms with Crippen molar-refractivity contribution < 1.29 is 4.92 Å². The van der Waals surface area contributed by atoms with Crippen molar-refractivity contribution in [3.05, 3.63) is 28.6 Å². The quantitative estimate of drug-likeness (QED) is 0.410. The fourth-order valence-electron chi connectivity index (χ4n) is 2.63. The average Bonchev–Trinajstić information content (AvgIpc) is 3.14. The molecule has 0 fully saturated rings. The lowest BCUT2D eigenvalue weighted by Gasteiger charge is -2.05. The molecule has 0 saturated heterocycles.